The Morgan fingerprint density at radius 3 is 2.33 bits per heavy atom. The van der Waals surface area contributed by atoms with Crippen LogP contribution >= 0.6 is 0 Å². The van der Waals surface area contributed by atoms with Crippen LogP contribution in [0.25, 0.3) is 11.3 Å². The van der Waals surface area contributed by atoms with Crippen molar-refractivity contribution in [3.05, 3.63) is 42.2 Å². The number of hydrogen-bond donors (Lipinski definition) is 2. The fourth-order valence-corrected chi connectivity index (χ4v) is 1.26. The SMILES string of the molecule is Nc1ccc(-c2ccc(C(=O)O)o2)cc1. The molecule has 0 spiro atoms. The van der Waals surface area contributed by atoms with Crippen LogP contribution in [0.4, 0.5) is 5.69 Å². The maximum atomic E-state index is 10.6. The summed E-state index contributed by atoms with van der Waals surface area (Å²) < 4.78 is 5.13. The van der Waals surface area contributed by atoms with E-state index in [1.165, 1.54) is 6.07 Å². The lowest BCUT2D eigenvalue weighted by atomic mass is 10.1. The van der Waals surface area contributed by atoms with Gasteiger partial charge in [-0.2, -0.15) is 0 Å². The minimum atomic E-state index is -1.07. The summed E-state index contributed by atoms with van der Waals surface area (Å²) in [4.78, 5) is 10.6. The molecule has 2 rings (SSSR count). The van der Waals surface area contributed by atoms with E-state index in [1.54, 1.807) is 30.3 Å². The number of carboxylic acids is 1. The third-order valence-corrected chi connectivity index (χ3v) is 2.01. The first-order valence-electron chi connectivity index (χ1n) is 4.36. The number of nitrogens with two attached hydrogens (primary N) is 1. The van der Waals surface area contributed by atoms with Crippen molar-refractivity contribution in [1.29, 1.82) is 0 Å². The molecule has 1 heterocycles. The average Bonchev–Trinajstić information content (AvgIpc) is 2.68. The second-order valence-corrected chi connectivity index (χ2v) is 3.09. The molecule has 0 atom stereocenters. The predicted molar refractivity (Wildman–Crippen MR) is 55.5 cm³/mol. The highest BCUT2D eigenvalue weighted by molar-refractivity contribution is 5.85. The number of anilines is 1. The van der Waals surface area contributed by atoms with E-state index in [0.29, 0.717) is 11.4 Å². The monoisotopic (exact) mass is 203 g/mol. The fourth-order valence-electron chi connectivity index (χ4n) is 1.26. The number of benzene rings is 1. The lowest BCUT2D eigenvalue weighted by molar-refractivity contribution is 0.0663. The normalized spacial score (nSPS) is 10.1. The molecule has 0 fully saturated rings. The number of nitrogen functional groups attached to an aromatic ring is 1. The zero-order chi connectivity index (χ0) is 10.8. The van der Waals surface area contributed by atoms with Crippen LogP contribution in [0.5, 0.6) is 0 Å². The van der Waals surface area contributed by atoms with Crippen molar-refractivity contribution < 1.29 is 14.3 Å². The van der Waals surface area contributed by atoms with Crippen LogP contribution in [0.15, 0.2) is 40.8 Å². The van der Waals surface area contributed by atoms with Crippen molar-refractivity contribution in [1.82, 2.24) is 0 Å². The molecule has 2 aromatic rings. The maximum Gasteiger partial charge on any atom is 0.371 e. The molecule has 0 saturated carbocycles. The Labute approximate surface area is 85.9 Å². The maximum absolute atomic E-state index is 10.6. The van der Waals surface area contributed by atoms with Crippen LogP contribution < -0.4 is 5.73 Å². The summed E-state index contributed by atoms with van der Waals surface area (Å²) in [6.07, 6.45) is 0. The zero-order valence-electron chi connectivity index (χ0n) is 7.81. The van der Waals surface area contributed by atoms with Crippen molar-refractivity contribution in [2.24, 2.45) is 0 Å². The van der Waals surface area contributed by atoms with Crippen LogP contribution in [-0.2, 0) is 0 Å². The van der Waals surface area contributed by atoms with Crippen molar-refractivity contribution >= 4 is 11.7 Å². The molecule has 0 aliphatic rings. The fraction of sp³-hybridized carbons (Fsp3) is 0. The van der Waals surface area contributed by atoms with Gasteiger partial charge < -0.3 is 15.3 Å². The van der Waals surface area contributed by atoms with Gasteiger partial charge in [-0.1, -0.05) is 0 Å². The molecule has 0 amide bonds. The van der Waals surface area contributed by atoms with E-state index < -0.39 is 5.97 Å². The molecule has 0 saturated heterocycles. The number of hydrogen-bond acceptors (Lipinski definition) is 3. The summed E-state index contributed by atoms with van der Waals surface area (Å²) in [5.41, 5.74) is 6.99. The van der Waals surface area contributed by atoms with E-state index in [2.05, 4.69) is 0 Å². The standard InChI is InChI=1S/C11H9NO3/c12-8-3-1-7(2-4-8)9-5-6-10(15-9)11(13)14/h1-6H,12H2,(H,13,14). The first-order chi connectivity index (χ1) is 7.16. The van der Waals surface area contributed by atoms with Gasteiger partial charge in [0.25, 0.3) is 0 Å². The van der Waals surface area contributed by atoms with Crippen LogP contribution in [0.3, 0.4) is 0 Å². The molecule has 76 valence electrons. The van der Waals surface area contributed by atoms with Crippen molar-refractivity contribution in [2.45, 2.75) is 0 Å². The van der Waals surface area contributed by atoms with Gasteiger partial charge in [0.15, 0.2) is 0 Å². The summed E-state index contributed by atoms with van der Waals surface area (Å²) in [6, 6.07) is 10.1. The molecule has 0 unspecified atom stereocenters. The Bertz CT molecular complexity index is 485. The van der Waals surface area contributed by atoms with Gasteiger partial charge in [-0.25, -0.2) is 4.79 Å². The van der Waals surface area contributed by atoms with Gasteiger partial charge in [-0.05, 0) is 36.4 Å². The number of rotatable bonds is 2. The first-order valence-corrected chi connectivity index (χ1v) is 4.36. The van der Waals surface area contributed by atoms with Crippen molar-refractivity contribution in [3.63, 3.8) is 0 Å². The Hall–Kier alpha value is -2.23. The summed E-state index contributed by atoms with van der Waals surface area (Å²) in [6.45, 7) is 0. The van der Waals surface area contributed by atoms with Crippen LogP contribution in [0.1, 0.15) is 10.6 Å². The Morgan fingerprint density at radius 1 is 1.13 bits per heavy atom. The smallest absolute Gasteiger partial charge is 0.371 e. The number of carboxylic acid groups (broad SMARTS) is 1. The third kappa shape index (κ3) is 1.83. The lowest BCUT2D eigenvalue weighted by Crippen LogP contribution is -1.91. The molecule has 0 aliphatic carbocycles. The number of furan rings is 1. The quantitative estimate of drug-likeness (QED) is 0.733. The second-order valence-electron chi connectivity index (χ2n) is 3.09. The van der Waals surface area contributed by atoms with E-state index in [0.717, 1.165) is 5.56 Å². The largest absolute Gasteiger partial charge is 0.475 e. The second kappa shape index (κ2) is 3.49. The molecular formula is C11H9NO3. The molecule has 0 aliphatic heterocycles. The molecule has 0 radical (unpaired) electrons. The van der Waals surface area contributed by atoms with Gasteiger partial charge in [0.1, 0.15) is 5.76 Å². The average molecular weight is 203 g/mol. The minimum absolute atomic E-state index is 0.0678. The van der Waals surface area contributed by atoms with Gasteiger partial charge >= 0.3 is 5.97 Å². The highest BCUT2D eigenvalue weighted by Crippen LogP contribution is 2.22. The van der Waals surface area contributed by atoms with Gasteiger partial charge in [0.05, 0.1) is 0 Å². The molecule has 15 heavy (non-hydrogen) atoms. The Kier molecular flexibility index (Phi) is 2.17. The highest BCUT2D eigenvalue weighted by Gasteiger charge is 2.09. The summed E-state index contributed by atoms with van der Waals surface area (Å²) in [5.74, 6) is -0.620. The van der Waals surface area contributed by atoms with Gasteiger partial charge in [-0.3, -0.25) is 0 Å². The van der Waals surface area contributed by atoms with E-state index in [9.17, 15) is 4.79 Å². The summed E-state index contributed by atoms with van der Waals surface area (Å²) >= 11 is 0. The molecule has 1 aromatic carbocycles. The van der Waals surface area contributed by atoms with E-state index in [4.69, 9.17) is 15.3 Å². The molecule has 4 nitrogen and oxygen atoms in total. The van der Waals surface area contributed by atoms with E-state index >= 15 is 0 Å². The predicted octanol–water partition coefficient (Wildman–Crippen LogP) is 2.23. The number of carbonyl (C=O) groups is 1. The topological polar surface area (TPSA) is 76.5 Å². The molecule has 4 heteroatoms. The van der Waals surface area contributed by atoms with Gasteiger partial charge in [-0.15, -0.1) is 0 Å². The molecule has 3 N–H and O–H groups in total. The van der Waals surface area contributed by atoms with E-state index in [1.807, 2.05) is 0 Å². The number of aromatic carboxylic acids is 1. The van der Waals surface area contributed by atoms with Crippen LogP contribution in [0, 0.1) is 0 Å². The third-order valence-electron chi connectivity index (χ3n) is 2.01. The first kappa shape index (κ1) is 9.33. The lowest BCUT2D eigenvalue weighted by Gasteiger charge is -1.97. The zero-order valence-corrected chi connectivity index (χ0v) is 7.81. The summed E-state index contributed by atoms with van der Waals surface area (Å²) in [7, 11) is 0. The minimum Gasteiger partial charge on any atom is -0.475 e. The molecule has 1 aromatic heterocycles. The van der Waals surface area contributed by atoms with Gasteiger partial charge in [0.2, 0.25) is 5.76 Å². The Morgan fingerprint density at radius 2 is 1.80 bits per heavy atom. The van der Waals surface area contributed by atoms with Crippen LogP contribution in [0.2, 0.25) is 0 Å². The highest BCUT2D eigenvalue weighted by atomic mass is 16.4. The Balaban J connectivity index is 2.37. The van der Waals surface area contributed by atoms with E-state index in [-0.39, 0.29) is 5.76 Å². The van der Waals surface area contributed by atoms with Crippen LogP contribution in [-0.4, -0.2) is 11.1 Å². The molecular weight excluding hydrogens is 194 g/mol. The van der Waals surface area contributed by atoms with Crippen molar-refractivity contribution in [3.8, 4) is 11.3 Å². The van der Waals surface area contributed by atoms with Crippen molar-refractivity contribution in [2.75, 3.05) is 5.73 Å². The summed E-state index contributed by atoms with van der Waals surface area (Å²) in [5, 5.41) is 8.68. The van der Waals surface area contributed by atoms with Gasteiger partial charge in [0, 0.05) is 11.3 Å². The molecule has 0 bridgehead atoms.